The lowest BCUT2D eigenvalue weighted by atomic mass is 9.74. The minimum atomic E-state index is -0.168. The van der Waals surface area contributed by atoms with Gasteiger partial charge in [0.2, 0.25) is 0 Å². The van der Waals surface area contributed by atoms with Crippen LogP contribution in [0.4, 0.5) is 0 Å². The lowest BCUT2D eigenvalue weighted by Crippen LogP contribution is -2.44. The quantitative estimate of drug-likeness (QED) is 0.854. The molecule has 5 nitrogen and oxygen atoms in total. The molecule has 0 atom stereocenters. The Morgan fingerprint density at radius 2 is 2.21 bits per heavy atom. The van der Waals surface area contributed by atoms with Crippen molar-refractivity contribution in [2.24, 2.45) is 5.73 Å². The fourth-order valence-electron chi connectivity index (χ4n) is 3.00. The molecule has 3 rings (SSSR count). The largest absolute Gasteiger partial charge is 0.381 e. The Hall–Kier alpha value is -1.47. The van der Waals surface area contributed by atoms with E-state index in [4.69, 9.17) is 22.1 Å². The SMILES string of the molecule is NCc1nc(C(=O)NCC2(c3cccc(Cl)c3)CCOCC2)cs1. The first-order valence-electron chi connectivity index (χ1n) is 7.89. The van der Waals surface area contributed by atoms with E-state index in [1.165, 1.54) is 11.3 Å². The van der Waals surface area contributed by atoms with Crippen LogP contribution in [-0.4, -0.2) is 30.6 Å². The van der Waals surface area contributed by atoms with E-state index in [2.05, 4.69) is 16.4 Å². The second-order valence-corrected chi connectivity index (χ2v) is 7.30. The molecule has 1 aromatic heterocycles. The van der Waals surface area contributed by atoms with Gasteiger partial charge in [0.15, 0.2) is 0 Å². The Morgan fingerprint density at radius 3 is 2.88 bits per heavy atom. The molecule has 2 aromatic rings. The first kappa shape index (κ1) is 17.4. The molecule has 3 N–H and O–H groups in total. The van der Waals surface area contributed by atoms with Crippen molar-refractivity contribution < 1.29 is 9.53 Å². The summed E-state index contributed by atoms with van der Waals surface area (Å²) in [7, 11) is 0. The molecule has 128 valence electrons. The van der Waals surface area contributed by atoms with Crippen LogP contribution in [0.2, 0.25) is 5.02 Å². The van der Waals surface area contributed by atoms with Gasteiger partial charge in [-0.05, 0) is 30.5 Å². The summed E-state index contributed by atoms with van der Waals surface area (Å²) in [5.74, 6) is -0.168. The number of amides is 1. The van der Waals surface area contributed by atoms with Crippen LogP contribution in [0.25, 0.3) is 0 Å². The molecule has 7 heteroatoms. The predicted octanol–water partition coefficient (Wildman–Crippen LogP) is 2.73. The molecule has 0 radical (unpaired) electrons. The summed E-state index contributed by atoms with van der Waals surface area (Å²) in [6, 6.07) is 7.86. The lowest BCUT2D eigenvalue weighted by Gasteiger charge is -2.38. The highest BCUT2D eigenvalue weighted by molar-refractivity contribution is 7.09. The lowest BCUT2D eigenvalue weighted by molar-refractivity contribution is 0.0487. The van der Waals surface area contributed by atoms with E-state index >= 15 is 0 Å². The molecular formula is C17H20ClN3O2S. The van der Waals surface area contributed by atoms with Crippen molar-refractivity contribution in [1.29, 1.82) is 0 Å². The van der Waals surface area contributed by atoms with E-state index in [0.717, 1.165) is 23.4 Å². The molecule has 24 heavy (non-hydrogen) atoms. The van der Waals surface area contributed by atoms with E-state index in [9.17, 15) is 4.79 Å². The van der Waals surface area contributed by atoms with Gasteiger partial charge in [-0.3, -0.25) is 4.79 Å². The van der Waals surface area contributed by atoms with Crippen molar-refractivity contribution in [3.63, 3.8) is 0 Å². The third-order valence-electron chi connectivity index (χ3n) is 4.43. The number of rotatable bonds is 5. The smallest absolute Gasteiger partial charge is 0.270 e. The van der Waals surface area contributed by atoms with Crippen LogP contribution in [0.15, 0.2) is 29.6 Å². The molecule has 0 unspecified atom stereocenters. The number of thiazole rings is 1. The fourth-order valence-corrected chi connectivity index (χ4v) is 3.84. The van der Waals surface area contributed by atoms with E-state index in [-0.39, 0.29) is 11.3 Å². The molecule has 1 fully saturated rings. The van der Waals surface area contributed by atoms with Gasteiger partial charge in [0.05, 0.1) is 0 Å². The molecule has 1 aliphatic heterocycles. The maximum absolute atomic E-state index is 12.4. The summed E-state index contributed by atoms with van der Waals surface area (Å²) in [4.78, 5) is 16.6. The van der Waals surface area contributed by atoms with Gasteiger partial charge in [-0.2, -0.15) is 0 Å². The number of aromatic nitrogens is 1. The molecule has 0 spiro atoms. The number of halogens is 1. The molecule has 1 saturated heterocycles. The third kappa shape index (κ3) is 3.78. The Kier molecular flexibility index (Phi) is 5.50. The van der Waals surface area contributed by atoms with Crippen LogP contribution in [0.5, 0.6) is 0 Å². The standard InChI is InChI=1S/C17H20ClN3O2S/c18-13-3-1-2-12(8-13)17(4-6-23-7-5-17)11-20-16(22)14-10-24-15(9-19)21-14/h1-3,8,10H,4-7,9,11,19H2,(H,20,22). The highest BCUT2D eigenvalue weighted by Crippen LogP contribution is 2.35. The zero-order chi connectivity index (χ0) is 17.0. The van der Waals surface area contributed by atoms with Crippen LogP contribution in [0, 0.1) is 0 Å². The summed E-state index contributed by atoms with van der Waals surface area (Å²) in [6.07, 6.45) is 1.69. The number of hydrogen-bond acceptors (Lipinski definition) is 5. The van der Waals surface area contributed by atoms with E-state index in [1.807, 2.05) is 18.2 Å². The summed E-state index contributed by atoms with van der Waals surface area (Å²) in [5, 5.41) is 6.24. The van der Waals surface area contributed by atoms with Gasteiger partial charge < -0.3 is 15.8 Å². The van der Waals surface area contributed by atoms with E-state index in [0.29, 0.717) is 37.0 Å². The Morgan fingerprint density at radius 1 is 1.42 bits per heavy atom. The van der Waals surface area contributed by atoms with Crippen molar-refractivity contribution in [2.45, 2.75) is 24.8 Å². The molecule has 0 saturated carbocycles. The number of nitrogens with zero attached hydrogens (tertiary/aromatic N) is 1. The maximum atomic E-state index is 12.4. The maximum Gasteiger partial charge on any atom is 0.270 e. The van der Waals surface area contributed by atoms with Crippen LogP contribution < -0.4 is 11.1 Å². The van der Waals surface area contributed by atoms with Gasteiger partial charge >= 0.3 is 0 Å². The molecule has 0 aliphatic carbocycles. The number of benzene rings is 1. The normalized spacial score (nSPS) is 16.8. The van der Waals surface area contributed by atoms with Crippen LogP contribution in [-0.2, 0) is 16.7 Å². The number of carbonyl (C=O) groups is 1. The van der Waals surface area contributed by atoms with Gasteiger partial charge in [0.25, 0.3) is 5.91 Å². The van der Waals surface area contributed by atoms with Crippen molar-refractivity contribution in [1.82, 2.24) is 10.3 Å². The Balaban J connectivity index is 1.76. The number of nitrogens with one attached hydrogen (secondary N) is 1. The minimum Gasteiger partial charge on any atom is -0.381 e. The van der Waals surface area contributed by atoms with Crippen molar-refractivity contribution in [3.05, 3.63) is 50.9 Å². The monoisotopic (exact) mass is 365 g/mol. The predicted molar refractivity (Wildman–Crippen MR) is 95.5 cm³/mol. The summed E-state index contributed by atoms with van der Waals surface area (Å²) < 4.78 is 5.52. The molecular weight excluding hydrogens is 346 g/mol. The Labute approximate surface area is 150 Å². The van der Waals surface area contributed by atoms with Gasteiger partial charge in [-0.1, -0.05) is 23.7 Å². The molecule has 1 amide bonds. The summed E-state index contributed by atoms with van der Waals surface area (Å²) in [5.41, 5.74) is 6.96. The summed E-state index contributed by atoms with van der Waals surface area (Å²) in [6.45, 7) is 2.24. The molecule has 1 aromatic carbocycles. The molecule has 1 aliphatic rings. The first-order chi connectivity index (χ1) is 11.6. The molecule has 2 heterocycles. The number of ether oxygens (including phenoxy) is 1. The van der Waals surface area contributed by atoms with Crippen molar-refractivity contribution in [3.8, 4) is 0 Å². The average molecular weight is 366 g/mol. The summed E-state index contributed by atoms with van der Waals surface area (Å²) >= 11 is 7.57. The van der Waals surface area contributed by atoms with Gasteiger partial charge in [0.1, 0.15) is 10.7 Å². The van der Waals surface area contributed by atoms with Crippen LogP contribution in [0.3, 0.4) is 0 Å². The topological polar surface area (TPSA) is 77.2 Å². The van der Waals surface area contributed by atoms with Crippen LogP contribution >= 0.6 is 22.9 Å². The Bertz CT molecular complexity index is 713. The number of nitrogens with two attached hydrogens (primary N) is 1. The first-order valence-corrected chi connectivity index (χ1v) is 9.15. The second-order valence-electron chi connectivity index (χ2n) is 5.92. The average Bonchev–Trinajstić information content (AvgIpc) is 3.10. The number of hydrogen-bond donors (Lipinski definition) is 2. The fraction of sp³-hybridized carbons (Fsp3) is 0.412. The zero-order valence-electron chi connectivity index (χ0n) is 13.3. The van der Waals surface area contributed by atoms with Gasteiger partial charge in [0, 0.05) is 42.1 Å². The zero-order valence-corrected chi connectivity index (χ0v) is 14.8. The molecule has 0 bridgehead atoms. The third-order valence-corrected chi connectivity index (χ3v) is 5.54. The number of carbonyl (C=O) groups excluding carboxylic acids is 1. The highest BCUT2D eigenvalue weighted by atomic mass is 35.5. The van der Waals surface area contributed by atoms with Crippen LogP contribution in [0.1, 0.15) is 33.9 Å². The van der Waals surface area contributed by atoms with Crippen molar-refractivity contribution in [2.75, 3.05) is 19.8 Å². The second kappa shape index (κ2) is 7.61. The van der Waals surface area contributed by atoms with Crippen molar-refractivity contribution >= 4 is 28.8 Å². The highest BCUT2D eigenvalue weighted by Gasteiger charge is 2.35. The van der Waals surface area contributed by atoms with E-state index < -0.39 is 0 Å². The van der Waals surface area contributed by atoms with Gasteiger partial charge in [-0.15, -0.1) is 11.3 Å². The van der Waals surface area contributed by atoms with Gasteiger partial charge in [-0.25, -0.2) is 4.98 Å². The van der Waals surface area contributed by atoms with E-state index in [1.54, 1.807) is 5.38 Å². The minimum absolute atomic E-state index is 0.161.